The van der Waals surface area contributed by atoms with Gasteiger partial charge in [0, 0.05) is 18.1 Å². The van der Waals surface area contributed by atoms with Crippen molar-refractivity contribution in [1.29, 1.82) is 0 Å². The second-order valence-electron chi connectivity index (χ2n) is 7.33. The first-order valence-electron chi connectivity index (χ1n) is 9.55. The fraction of sp³-hybridized carbons (Fsp3) is 0.261. The van der Waals surface area contributed by atoms with Gasteiger partial charge in [-0.05, 0) is 53.9 Å². The maximum absolute atomic E-state index is 12.8. The van der Waals surface area contributed by atoms with Crippen molar-refractivity contribution in [2.45, 2.75) is 19.4 Å². The third-order valence-electron chi connectivity index (χ3n) is 5.34. The third-order valence-corrected chi connectivity index (χ3v) is 5.89. The number of fused-ring (bicyclic) bond motifs is 1. The molecule has 0 aliphatic carbocycles. The van der Waals surface area contributed by atoms with E-state index in [9.17, 15) is 4.79 Å². The van der Waals surface area contributed by atoms with Crippen LogP contribution in [0.5, 0.6) is 0 Å². The zero-order valence-corrected chi connectivity index (χ0v) is 17.0. The summed E-state index contributed by atoms with van der Waals surface area (Å²) in [6.45, 7) is 2.61. The minimum absolute atomic E-state index is 0.0202. The number of nitrogens with zero attached hydrogens (tertiary/aromatic N) is 1. The van der Waals surface area contributed by atoms with Gasteiger partial charge in [0.15, 0.2) is 0 Å². The Morgan fingerprint density at radius 3 is 2.75 bits per heavy atom. The van der Waals surface area contributed by atoms with E-state index in [0.717, 1.165) is 32.5 Å². The van der Waals surface area contributed by atoms with Crippen LogP contribution in [0.2, 0.25) is 10.0 Å². The Kier molecular flexibility index (Phi) is 5.86. The number of amides is 1. The standard InChI is InChI=1S/C23H22Cl2N2O/c24-19-10-11-22(21(25)13-19)26-23(28)18-8-4-12-27(15-18)14-17-7-3-6-16-5-1-2-9-20(16)17/h1-3,5-7,9-11,13,18H,4,8,12,14-15H2,(H,26,28). The third kappa shape index (κ3) is 4.33. The molecule has 1 amide bonds. The minimum Gasteiger partial charge on any atom is -0.324 e. The quantitative estimate of drug-likeness (QED) is 0.569. The van der Waals surface area contributed by atoms with Gasteiger partial charge in [0.05, 0.1) is 16.6 Å². The second-order valence-corrected chi connectivity index (χ2v) is 8.17. The molecule has 1 fully saturated rings. The van der Waals surface area contributed by atoms with Crippen LogP contribution in [-0.2, 0) is 11.3 Å². The van der Waals surface area contributed by atoms with Crippen molar-refractivity contribution in [3.8, 4) is 0 Å². The van der Waals surface area contributed by atoms with Crippen LogP contribution in [0.3, 0.4) is 0 Å². The summed E-state index contributed by atoms with van der Waals surface area (Å²) in [5.41, 5.74) is 1.92. The van der Waals surface area contributed by atoms with Crippen molar-refractivity contribution in [3.63, 3.8) is 0 Å². The fourth-order valence-corrected chi connectivity index (χ4v) is 4.37. The fourth-order valence-electron chi connectivity index (χ4n) is 3.91. The molecule has 1 aliphatic rings. The summed E-state index contributed by atoms with van der Waals surface area (Å²) in [4.78, 5) is 15.2. The van der Waals surface area contributed by atoms with Crippen molar-refractivity contribution in [3.05, 3.63) is 76.3 Å². The van der Waals surface area contributed by atoms with E-state index >= 15 is 0 Å². The molecule has 0 aromatic heterocycles. The first-order chi connectivity index (χ1) is 13.6. The molecule has 0 saturated carbocycles. The van der Waals surface area contributed by atoms with Gasteiger partial charge in [-0.25, -0.2) is 0 Å². The molecule has 0 spiro atoms. The molecule has 4 rings (SSSR count). The van der Waals surface area contributed by atoms with Gasteiger partial charge < -0.3 is 5.32 Å². The molecule has 1 aliphatic heterocycles. The molecule has 28 heavy (non-hydrogen) atoms. The lowest BCUT2D eigenvalue weighted by Gasteiger charge is -2.32. The highest BCUT2D eigenvalue weighted by molar-refractivity contribution is 6.36. The number of rotatable bonds is 4. The van der Waals surface area contributed by atoms with E-state index in [0.29, 0.717) is 15.7 Å². The molecule has 1 saturated heterocycles. The highest BCUT2D eigenvalue weighted by Crippen LogP contribution is 2.28. The molecule has 3 aromatic rings. The summed E-state index contributed by atoms with van der Waals surface area (Å²) in [5.74, 6) is -0.0256. The van der Waals surface area contributed by atoms with Crippen LogP contribution >= 0.6 is 23.2 Å². The van der Waals surface area contributed by atoms with E-state index in [-0.39, 0.29) is 11.8 Å². The number of carbonyl (C=O) groups excluding carboxylic acids is 1. The van der Waals surface area contributed by atoms with E-state index in [1.165, 1.54) is 16.3 Å². The summed E-state index contributed by atoms with van der Waals surface area (Å²) >= 11 is 12.1. The molecule has 0 radical (unpaired) electrons. The Morgan fingerprint density at radius 1 is 1.07 bits per heavy atom. The minimum atomic E-state index is -0.0459. The summed E-state index contributed by atoms with van der Waals surface area (Å²) < 4.78 is 0. The number of hydrogen-bond donors (Lipinski definition) is 1. The predicted molar refractivity (Wildman–Crippen MR) is 117 cm³/mol. The van der Waals surface area contributed by atoms with Crippen molar-refractivity contribution in [2.24, 2.45) is 5.92 Å². The van der Waals surface area contributed by atoms with Crippen LogP contribution in [0, 0.1) is 5.92 Å². The summed E-state index contributed by atoms with van der Waals surface area (Å²) in [6, 6.07) is 20.0. The van der Waals surface area contributed by atoms with Gasteiger partial charge in [0.1, 0.15) is 0 Å². The number of piperidine rings is 1. The Morgan fingerprint density at radius 2 is 1.89 bits per heavy atom. The molecule has 5 heteroatoms. The number of nitrogens with one attached hydrogen (secondary N) is 1. The Hall–Kier alpha value is -2.07. The Labute approximate surface area is 175 Å². The molecule has 3 aromatic carbocycles. The molecule has 1 N–H and O–H groups in total. The van der Waals surface area contributed by atoms with Gasteiger partial charge in [0.25, 0.3) is 0 Å². The summed E-state index contributed by atoms with van der Waals surface area (Å²) in [7, 11) is 0. The number of anilines is 1. The maximum atomic E-state index is 12.8. The summed E-state index contributed by atoms with van der Waals surface area (Å²) in [5, 5.41) is 6.52. The highest BCUT2D eigenvalue weighted by atomic mass is 35.5. The van der Waals surface area contributed by atoms with Crippen LogP contribution in [-0.4, -0.2) is 23.9 Å². The van der Waals surface area contributed by atoms with Crippen molar-refractivity contribution >= 4 is 45.6 Å². The Balaban J connectivity index is 1.44. The van der Waals surface area contributed by atoms with Crippen LogP contribution in [0.4, 0.5) is 5.69 Å². The average molecular weight is 413 g/mol. The van der Waals surface area contributed by atoms with Crippen molar-refractivity contribution in [1.82, 2.24) is 4.90 Å². The molecule has 144 valence electrons. The monoisotopic (exact) mass is 412 g/mol. The molecular weight excluding hydrogens is 391 g/mol. The number of hydrogen-bond acceptors (Lipinski definition) is 2. The smallest absolute Gasteiger partial charge is 0.228 e. The predicted octanol–water partition coefficient (Wildman–Crippen LogP) is 6.00. The molecular formula is C23H22Cl2N2O. The highest BCUT2D eigenvalue weighted by Gasteiger charge is 2.26. The van der Waals surface area contributed by atoms with Gasteiger partial charge >= 0.3 is 0 Å². The molecule has 1 unspecified atom stereocenters. The SMILES string of the molecule is O=C(Nc1ccc(Cl)cc1Cl)C1CCCN(Cc2cccc3ccccc23)C1. The van der Waals surface area contributed by atoms with Crippen LogP contribution in [0.15, 0.2) is 60.7 Å². The van der Waals surface area contributed by atoms with E-state index in [2.05, 4.69) is 52.7 Å². The number of likely N-dealkylation sites (tertiary alicyclic amines) is 1. The largest absolute Gasteiger partial charge is 0.324 e. The number of halogens is 2. The molecule has 1 atom stereocenters. The first kappa shape index (κ1) is 19.3. The maximum Gasteiger partial charge on any atom is 0.228 e. The lowest BCUT2D eigenvalue weighted by molar-refractivity contribution is -0.121. The number of carbonyl (C=O) groups is 1. The Bertz CT molecular complexity index is 1000. The summed E-state index contributed by atoms with van der Waals surface area (Å²) in [6.07, 6.45) is 1.90. The zero-order chi connectivity index (χ0) is 19.5. The van der Waals surface area contributed by atoms with Crippen molar-refractivity contribution < 1.29 is 4.79 Å². The first-order valence-corrected chi connectivity index (χ1v) is 10.3. The van der Waals surface area contributed by atoms with Gasteiger partial charge in [0.2, 0.25) is 5.91 Å². The topological polar surface area (TPSA) is 32.3 Å². The average Bonchev–Trinajstić information content (AvgIpc) is 2.70. The van der Waals surface area contributed by atoms with Gasteiger partial charge in [-0.3, -0.25) is 9.69 Å². The van der Waals surface area contributed by atoms with E-state index < -0.39 is 0 Å². The van der Waals surface area contributed by atoms with Crippen LogP contribution < -0.4 is 5.32 Å². The van der Waals surface area contributed by atoms with E-state index in [1.54, 1.807) is 18.2 Å². The van der Waals surface area contributed by atoms with Crippen LogP contribution in [0.1, 0.15) is 18.4 Å². The van der Waals surface area contributed by atoms with Crippen molar-refractivity contribution in [2.75, 3.05) is 18.4 Å². The number of benzene rings is 3. The lowest BCUT2D eigenvalue weighted by atomic mass is 9.96. The zero-order valence-electron chi connectivity index (χ0n) is 15.5. The molecule has 1 heterocycles. The second kappa shape index (κ2) is 8.52. The lowest BCUT2D eigenvalue weighted by Crippen LogP contribution is -2.40. The van der Waals surface area contributed by atoms with Gasteiger partial charge in [-0.2, -0.15) is 0 Å². The van der Waals surface area contributed by atoms with E-state index in [1.807, 2.05) is 0 Å². The van der Waals surface area contributed by atoms with Gasteiger partial charge in [-0.15, -0.1) is 0 Å². The van der Waals surface area contributed by atoms with Crippen LogP contribution in [0.25, 0.3) is 10.8 Å². The van der Waals surface area contributed by atoms with Gasteiger partial charge in [-0.1, -0.05) is 65.7 Å². The van der Waals surface area contributed by atoms with E-state index in [4.69, 9.17) is 23.2 Å². The molecule has 0 bridgehead atoms. The molecule has 3 nitrogen and oxygen atoms in total. The normalized spacial score (nSPS) is 17.6.